The number of fused-ring (bicyclic) bond motifs is 2. The number of anilines is 1. The number of pyridine rings is 1. The van der Waals surface area contributed by atoms with Crippen molar-refractivity contribution in [1.29, 1.82) is 0 Å². The molecule has 2 heterocycles. The van der Waals surface area contributed by atoms with E-state index in [9.17, 15) is 4.79 Å². The Morgan fingerprint density at radius 2 is 1.79 bits per heavy atom. The van der Waals surface area contributed by atoms with Crippen molar-refractivity contribution in [3.8, 4) is 5.75 Å². The summed E-state index contributed by atoms with van der Waals surface area (Å²) in [5.74, 6) is 0.498. The van der Waals surface area contributed by atoms with Gasteiger partial charge in [0.05, 0.1) is 22.5 Å². The lowest BCUT2D eigenvalue weighted by molar-refractivity contribution is -0.120. The van der Waals surface area contributed by atoms with E-state index in [2.05, 4.69) is 30.1 Å². The maximum absolute atomic E-state index is 13.4. The molecule has 0 atom stereocenters. The van der Waals surface area contributed by atoms with Crippen molar-refractivity contribution >= 4 is 43.4 Å². The molecule has 0 N–H and O–H groups in total. The molecule has 0 aliphatic rings. The second-order valence-electron chi connectivity index (χ2n) is 8.02. The number of rotatable bonds is 6. The van der Waals surface area contributed by atoms with Crippen LogP contribution < -0.4 is 9.64 Å². The average molecular weight is 454 g/mol. The molecule has 0 saturated carbocycles. The van der Waals surface area contributed by atoms with Gasteiger partial charge in [-0.1, -0.05) is 53.8 Å². The number of aryl methyl sites for hydroxylation is 2. The monoisotopic (exact) mass is 453 g/mol. The third kappa shape index (κ3) is 4.56. The molecule has 0 bridgehead atoms. The van der Waals surface area contributed by atoms with Crippen LogP contribution in [0.1, 0.15) is 16.8 Å². The van der Waals surface area contributed by atoms with Crippen LogP contribution in [0.25, 0.3) is 21.0 Å². The number of carbonyl (C=O) groups is 1. The molecule has 3 aromatic carbocycles. The van der Waals surface area contributed by atoms with Crippen molar-refractivity contribution in [2.45, 2.75) is 20.4 Å². The van der Waals surface area contributed by atoms with Crippen LogP contribution >= 0.6 is 11.3 Å². The average Bonchev–Trinajstić information content (AvgIpc) is 3.25. The summed E-state index contributed by atoms with van der Waals surface area (Å²) in [7, 11) is 0. The minimum absolute atomic E-state index is 0.0842. The zero-order chi connectivity index (χ0) is 22.8. The summed E-state index contributed by atoms with van der Waals surface area (Å²) in [5, 5.41) is 2.86. The number of carbonyl (C=O) groups excluding carboxylic acids is 1. The molecule has 0 aliphatic heterocycles. The molecule has 5 aromatic rings. The summed E-state index contributed by atoms with van der Waals surface area (Å²) in [4.78, 5) is 24.2. The molecular formula is C27H23N3O2S. The van der Waals surface area contributed by atoms with E-state index in [1.54, 1.807) is 11.1 Å². The fourth-order valence-corrected chi connectivity index (χ4v) is 5.03. The summed E-state index contributed by atoms with van der Waals surface area (Å²) < 4.78 is 6.96. The van der Waals surface area contributed by atoms with Crippen LogP contribution in [0, 0.1) is 13.8 Å². The molecule has 5 rings (SSSR count). The summed E-state index contributed by atoms with van der Waals surface area (Å²) in [6, 6.07) is 23.8. The fourth-order valence-electron chi connectivity index (χ4n) is 3.87. The third-order valence-corrected chi connectivity index (χ3v) is 6.51. The summed E-state index contributed by atoms with van der Waals surface area (Å²) in [6.07, 6.45) is 1.73. The van der Waals surface area contributed by atoms with Gasteiger partial charge in [0.2, 0.25) is 0 Å². The molecule has 0 unspecified atom stereocenters. The minimum atomic E-state index is -0.165. The zero-order valence-electron chi connectivity index (χ0n) is 18.5. The molecule has 6 heteroatoms. The molecule has 1 amide bonds. The van der Waals surface area contributed by atoms with Gasteiger partial charge < -0.3 is 4.74 Å². The number of benzene rings is 3. The number of aromatic nitrogens is 2. The largest absolute Gasteiger partial charge is 0.484 e. The number of thiazole rings is 1. The Morgan fingerprint density at radius 1 is 0.970 bits per heavy atom. The van der Waals surface area contributed by atoms with Gasteiger partial charge in [-0.25, -0.2) is 4.98 Å². The molecule has 5 nitrogen and oxygen atoms in total. The van der Waals surface area contributed by atoms with Gasteiger partial charge in [0.1, 0.15) is 5.75 Å². The molecule has 164 valence electrons. The molecule has 0 radical (unpaired) electrons. The lowest BCUT2D eigenvalue weighted by Gasteiger charge is -2.19. The van der Waals surface area contributed by atoms with Crippen LogP contribution in [0.15, 0.2) is 79.0 Å². The fraction of sp³-hybridized carbons (Fsp3) is 0.148. The van der Waals surface area contributed by atoms with Crippen LogP contribution in [0.4, 0.5) is 5.13 Å². The van der Waals surface area contributed by atoms with Crippen molar-refractivity contribution < 1.29 is 9.53 Å². The standard InChI is InChI=1S/C27H23N3O2S/c1-18-13-19(2)26-24(14-18)33-27(29-26)30(16-22-9-5-6-12-28-22)25(31)17-32-23-11-10-20-7-3-4-8-21(20)15-23/h3-15H,16-17H2,1-2H3. The van der Waals surface area contributed by atoms with Crippen LogP contribution in [-0.2, 0) is 11.3 Å². The highest BCUT2D eigenvalue weighted by atomic mass is 32.1. The van der Waals surface area contributed by atoms with E-state index < -0.39 is 0 Å². The van der Waals surface area contributed by atoms with Gasteiger partial charge in [0.25, 0.3) is 5.91 Å². The quantitative estimate of drug-likeness (QED) is 0.313. The van der Waals surface area contributed by atoms with E-state index in [0.717, 1.165) is 32.2 Å². The highest BCUT2D eigenvalue weighted by Gasteiger charge is 2.22. The zero-order valence-corrected chi connectivity index (χ0v) is 19.3. The Bertz CT molecular complexity index is 1450. The van der Waals surface area contributed by atoms with Crippen molar-refractivity contribution in [1.82, 2.24) is 9.97 Å². The van der Waals surface area contributed by atoms with Gasteiger partial charge >= 0.3 is 0 Å². The molecule has 0 aliphatic carbocycles. The maximum atomic E-state index is 13.4. The Kier molecular flexibility index (Phi) is 5.75. The molecule has 2 aromatic heterocycles. The summed E-state index contributed by atoms with van der Waals surface area (Å²) in [5.41, 5.74) is 4.00. The molecule has 0 spiro atoms. The van der Waals surface area contributed by atoms with Crippen molar-refractivity contribution in [3.05, 3.63) is 95.8 Å². The minimum Gasteiger partial charge on any atom is -0.484 e. The Labute approximate surface area is 196 Å². The number of amides is 1. The molecule has 0 saturated heterocycles. The van der Waals surface area contributed by atoms with Crippen LogP contribution in [-0.4, -0.2) is 22.5 Å². The number of hydrogen-bond donors (Lipinski definition) is 0. The van der Waals surface area contributed by atoms with E-state index in [-0.39, 0.29) is 12.5 Å². The van der Waals surface area contributed by atoms with Gasteiger partial charge in [-0.2, -0.15) is 0 Å². The second-order valence-corrected chi connectivity index (χ2v) is 9.03. The van der Waals surface area contributed by atoms with Gasteiger partial charge in [0, 0.05) is 6.20 Å². The lowest BCUT2D eigenvalue weighted by atomic mass is 10.1. The molecular weight excluding hydrogens is 430 g/mol. The predicted octanol–water partition coefficient (Wildman–Crippen LogP) is 6.07. The van der Waals surface area contributed by atoms with Crippen molar-refractivity contribution in [2.75, 3.05) is 11.5 Å². The number of hydrogen-bond acceptors (Lipinski definition) is 5. The van der Waals surface area contributed by atoms with Gasteiger partial charge in [0.15, 0.2) is 11.7 Å². The predicted molar refractivity (Wildman–Crippen MR) is 134 cm³/mol. The van der Waals surface area contributed by atoms with Gasteiger partial charge in [-0.3, -0.25) is 14.7 Å². The first-order valence-electron chi connectivity index (χ1n) is 10.8. The highest BCUT2D eigenvalue weighted by molar-refractivity contribution is 7.22. The van der Waals surface area contributed by atoms with Gasteiger partial charge in [-0.05, 0) is 66.1 Å². The smallest absolute Gasteiger partial charge is 0.267 e. The first-order valence-corrected chi connectivity index (χ1v) is 11.6. The van der Waals surface area contributed by atoms with E-state index in [4.69, 9.17) is 9.72 Å². The van der Waals surface area contributed by atoms with E-state index >= 15 is 0 Å². The number of ether oxygens (including phenoxy) is 1. The second kappa shape index (κ2) is 9.00. The summed E-state index contributed by atoms with van der Waals surface area (Å²) >= 11 is 1.52. The summed E-state index contributed by atoms with van der Waals surface area (Å²) in [6.45, 7) is 4.37. The van der Waals surface area contributed by atoms with Crippen LogP contribution in [0.2, 0.25) is 0 Å². The van der Waals surface area contributed by atoms with Gasteiger partial charge in [-0.15, -0.1) is 0 Å². The maximum Gasteiger partial charge on any atom is 0.267 e. The Morgan fingerprint density at radius 3 is 2.61 bits per heavy atom. The van der Waals surface area contributed by atoms with Crippen LogP contribution in [0.3, 0.4) is 0 Å². The molecule has 0 fully saturated rings. The highest BCUT2D eigenvalue weighted by Crippen LogP contribution is 2.32. The van der Waals surface area contributed by atoms with Crippen molar-refractivity contribution in [2.24, 2.45) is 0 Å². The normalized spacial score (nSPS) is 11.1. The Balaban J connectivity index is 1.43. The van der Waals surface area contributed by atoms with Crippen molar-refractivity contribution in [3.63, 3.8) is 0 Å². The topological polar surface area (TPSA) is 55.3 Å². The number of nitrogens with zero attached hydrogens (tertiary/aromatic N) is 3. The van der Waals surface area contributed by atoms with Crippen LogP contribution in [0.5, 0.6) is 5.75 Å². The lowest BCUT2D eigenvalue weighted by Crippen LogP contribution is -2.34. The van der Waals surface area contributed by atoms with E-state index in [0.29, 0.717) is 17.4 Å². The first kappa shape index (κ1) is 21.1. The van der Waals surface area contributed by atoms with E-state index in [1.807, 2.05) is 61.5 Å². The third-order valence-electron chi connectivity index (χ3n) is 5.48. The SMILES string of the molecule is Cc1cc(C)c2nc(N(Cc3ccccn3)C(=O)COc3ccc4ccccc4c3)sc2c1. The molecule has 33 heavy (non-hydrogen) atoms. The Hall–Kier alpha value is -3.77. The van der Waals surface area contributed by atoms with E-state index in [1.165, 1.54) is 16.9 Å². The first-order chi connectivity index (χ1) is 16.1.